The van der Waals surface area contributed by atoms with Gasteiger partial charge >= 0.3 is 0 Å². The minimum absolute atomic E-state index is 0.131. The smallest absolute Gasteiger partial charge is 0.255 e. The molecule has 0 atom stereocenters. The van der Waals surface area contributed by atoms with Crippen LogP contribution in [0.25, 0.3) is 0 Å². The minimum Gasteiger partial charge on any atom is -0.490 e. The fourth-order valence-corrected chi connectivity index (χ4v) is 5.48. The van der Waals surface area contributed by atoms with Gasteiger partial charge in [0.1, 0.15) is 0 Å². The van der Waals surface area contributed by atoms with Crippen LogP contribution in [0.2, 0.25) is 10.0 Å². The van der Waals surface area contributed by atoms with Crippen LogP contribution in [0, 0.1) is 0 Å². The first kappa shape index (κ1) is 29.0. The molecule has 1 N–H and O–H groups in total. The number of nitrogens with one attached hydrogen (secondary N) is 1. The van der Waals surface area contributed by atoms with Crippen LogP contribution in [0.5, 0.6) is 5.75 Å². The lowest BCUT2D eigenvalue weighted by Crippen LogP contribution is -2.26. The lowest BCUT2D eigenvalue weighted by atomic mass is 10.1. The summed E-state index contributed by atoms with van der Waals surface area (Å²) in [6.45, 7) is 2.92. The molecule has 0 aliphatic rings. The number of hydrogen-bond acceptors (Lipinski definition) is 4. The monoisotopic (exact) mass is 562 g/mol. The van der Waals surface area contributed by atoms with Crippen LogP contribution in [-0.4, -0.2) is 32.3 Å². The van der Waals surface area contributed by atoms with Gasteiger partial charge in [-0.3, -0.25) is 4.79 Å². The van der Waals surface area contributed by atoms with Crippen LogP contribution in [0.15, 0.2) is 71.6 Å². The first-order chi connectivity index (χ1) is 17.7. The van der Waals surface area contributed by atoms with Gasteiger partial charge in [0.2, 0.25) is 10.0 Å². The van der Waals surface area contributed by atoms with Crippen LogP contribution in [0.1, 0.15) is 54.9 Å². The predicted octanol–water partition coefficient (Wildman–Crippen LogP) is 7.42. The van der Waals surface area contributed by atoms with E-state index in [-0.39, 0.29) is 27.0 Å². The summed E-state index contributed by atoms with van der Waals surface area (Å²) in [7, 11) is -2.16. The van der Waals surface area contributed by atoms with Gasteiger partial charge in [0, 0.05) is 24.8 Å². The molecule has 9 heteroatoms. The van der Waals surface area contributed by atoms with E-state index < -0.39 is 15.9 Å². The molecule has 0 fully saturated rings. The summed E-state index contributed by atoms with van der Waals surface area (Å²) in [6.07, 6.45) is 5.53. The van der Waals surface area contributed by atoms with E-state index in [0.29, 0.717) is 18.0 Å². The average molecular weight is 564 g/mol. The van der Waals surface area contributed by atoms with Gasteiger partial charge in [0.25, 0.3) is 5.91 Å². The van der Waals surface area contributed by atoms with E-state index in [1.807, 2.05) is 30.3 Å². The number of benzene rings is 3. The number of nitrogens with zero attached hydrogens (tertiary/aromatic N) is 1. The van der Waals surface area contributed by atoms with Gasteiger partial charge in [-0.05, 0) is 48.4 Å². The van der Waals surface area contributed by atoms with Crippen molar-refractivity contribution in [3.05, 3.63) is 87.9 Å². The zero-order valence-electron chi connectivity index (χ0n) is 21.0. The molecule has 3 aromatic rings. The highest BCUT2D eigenvalue weighted by Crippen LogP contribution is 2.34. The fraction of sp³-hybridized carbons (Fsp3) is 0.321. The van der Waals surface area contributed by atoms with Crippen molar-refractivity contribution in [2.24, 2.45) is 0 Å². The van der Waals surface area contributed by atoms with Gasteiger partial charge < -0.3 is 10.1 Å². The number of unbranched alkanes of at least 4 members (excludes halogenated alkanes) is 4. The molecule has 3 rings (SSSR count). The number of halogens is 2. The van der Waals surface area contributed by atoms with Gasteiger partial charge in [-0.25, -0.2) is 8.42 Å². The van der Waals surface area contributed by atoms with Crippen molar-refractivity contribution in [3.8, 4) is 5.75 Å². The normalized spacial score (nSPS) is 11.5. The van der Waals surface area contributed by atoms with Crippen molar-refractivity contribution in [1.82, 2.24) is 4.31 Å². The Morgan fingerprint density at radius 3 is 2.16 bits per heavy atom. The molecule has 6 nitrogen and oxygen atoms in total. The first-order valence-electron chi connectivity index (χ1n) is 12.3. The number of carbonyl (C=O) groups excluding carboxylic acids is 1. The van der Waals surface area contributed by atoms with Gasteiger partial charge in [-0.15, -0.1) is 0 Å². The van der Waals surface area contributed by atoms with Crippen LogP contribution >= 0.6 is 23.2 Å². The van der Waals surface area contributed by atoms with Crippen molar-refractivity contribution in [1.29, 1.82) is 0 Å². The second-order valence-electron chi connectivity index (χ2n) is 8.76. The van der Waals surface area contributed by atoms with E-state index >= 15 is 0 Å². The third-order valence-electron chi connectivity index (χ3n) is 5.82. The van der Waals surface area contributed by atoms with Crippen LogP contribution < -0.4 is 10.1 Å². The van der Waals surface area contributed by atoms with Crippen molar-refractivity contribution in [3.63, 3.8) is 0 Å². The summed E-state index contributed by atoms with van der Waals surface area (Å²) >= 11 is 12.7. The minimum atomic E-state index is -3.69. The van der Waals surface area contributed by atoms with Gasteiger partial charge in [-0.2, -0.15) is 4.31 Å². The Morgan fingerprint density at radius 1 is 0.919 bits per heavy atom. The summed E-state index contributed by atoms with van der Waals surface area (Å²) < 4.78 is 32.9. The summed E-state index contributed by atoms with van der Waals surface area (Å²) in [5.41, 5.74) is 1.59. The Bertz CT molecular complexity index is 1260. The molecular weight excluding hydrogens is 531 g/mol. The summed E-state index contributed by atoms with van der Waals surface area (Å²) in [5.74, 6) is -0.0590. The molecule has 0 aliphatic heterocycles. The predicted molar refractivity (Wildman–Crippen MR) is 150 cm³/mol. The highest BCUT2D eigenvalue weighted by atomic mass is 35.5. The quantitative estimate of drug-likeness (QED) is 0.220. The molecule has 0 aliphatic carbocycles. The molecule has 1 amide bonds. The maximum absolute atomic E-state index is 12.9. The zero-order valence-corrected chi connectivity index (χ0v) is 23.4. The van der Waals surface area contributed by atoms with Crippen LogP contribution in [0.3, 0.4) is 0 Å². The molecule has 0 saturated carbocycles. The average Bonchev–Trinajstić information content (AvgIpc) is 2.88. The number of rotatable bonds is 13. The largest absolute Gasteiger partial charge is 0.490 e. The maximum atomic E-state index is 12.9. The number of carbonyl (C=O) groups is 1. The second-order valence-corrected chi connectivity index (χ2v) is 11.6. The molecule has 0 aromatic heterocycles. The summed E-state index contributed by atoms with van der Waals surface area (Å²) in [4.78, 5) is 12.9. The topological polar surface area (TPSA) is 75.7 Å². The van der Waals surface area contributed by atoms with Crippen molar-refractivity contribution in [2.45, 2.75) is 50.5 Å². The Hall–Kier alpha value is -2.58. The van der Waals surface area contributed by atoms with E-state index in [1.54, 1.807) is 12.1 Å². The third-order valence-corrected chi connectivity index (χ3v) is 8.20. The van der Waals surface area contributed by atoms with Crippen LogP contribution in [0.4, 0.5) is 5.69 Å². The molecular formula is C28H32Cl2N2O4S. The molecule has 0 unspecified atom stereocenters. The van der Waals surface area contributed by atoms with E-state index in [0.717, 1.165) is 24.8 Å². The van der Waals surface area contributed by atoms with E-state index in [9.17, 15) is 13.2 Å². The highest BCUT2D eigenvalue weighted by molar-refractivity contribution is 7.89. The Balaban J connectivity index is 1.61. The second kappa shape index (κ2) is 13.8. The van der Waals surface area contributed by atoms with Crippen molar-refractivity contribution in [2.75, 3.05) is 19.0 Å². The van der Waals surface area contributed by atoms with E-state index in [2.05, 4.69) is 12.2 Å². The van der Waals surface area contributed by atoms with Crippen molar-refractivity contribution < 1.29 is 17.9 Å². The lowest BCUT2D eigenvalue weighted by Gasteiger charge is -2.17. The summed E-state index contributed by atoms with van der Waals surface area (Å²) in [5, 5.41) is 3.26. The first-order valence-corrected chi connectivity index (χ1v) is 14.5. The number of sulfonamides is 1. The number of ether oxygens (including phenoxy) is 1. The lowest BCUT2D eigenvalue weighted by molar-refractivity contribution is 0.102. The summed E-state index contributed by atoms with van der Waals surface area (Å²) in [6, 6.07) is 18.4. The number of hydrogen-bond donors (Lipinski definition) is 1. The van der Waals surface area contributed by atoms with E-state index in [4.69, 9.17) is 27.9 Å². The maximum Gasteiger partial charge on any atom is 0.255 e. The fourth-order valence-electron chi connectivity index (χ4n) is 3.73. The molecule has 0 radical (unpaired) electrons. The Kier molecular flexibility index (Phi) is 10.8. The van der Waals surface area contributed by atoms with Gasteiger partial charge in [-0.1, -0.05) is 86.1 Å². The Morgan fingerprint density at radius 2 is 1.54 bits per heavy atom. The zero-order chi connectivity index (χ0) is 26.8. The SMILES string of the molecule is CCCCCCCOc1c(Cl)cc(C(=O)Nc2ccc(S(=O)(=O)N(C)Cc3ccccc3)cc2)cc1Cl. The molecule has 0 saturated heterocycles. The van der Waals surface area contributed by atoms with Gasteiger partial charge in [0.05, 0.1) is 21.5 Å². The van der Waals surface area contributed by atoms with Gasteiger partial charge in [0.15, 0.2) is 5.75 Å². The molecule has 37 heavy (non-hydrogen) atoms. The molecule has 3 aromatic carbocycles. The van der Waals surface area contributed by atoms with E-state index in [1.165, 1.54) is 48.5 Å². The molecule has 0 spiro atoms. The number of anilines is 1. The standard InChI is InChI=1S/C28H32Cl2N2O4S/c1-3-4-5-6-10-17-36-27-25(29)18-22(19-26(27)30)28(33)31-23-13-15-24(16-14-23)37(34,35)32(2)20-21-11-8-7-9-12-21/h7-9,11-16,18-19H,3-6,10,17,20H2,1-2H3,(H,31,33). The third kappa shape index (κ3) is 8.20. The van der Waals surface area contributed by atoms with Crippen molar-refractivity contribution >= 4 is 44.8 Å². The number of amides is 1. The Labute approximate surface area is 229 Å². The highest BCUT2D eigenvalue weighted by Gasteiger charge is 2.21. The molecule has 0 heterocycles. The molecule has 0 bridgehead atoms. The van der Waals surface area contributed by atoms with Crippen LogP contribution in [-0.2, 0) is 16.6 Å². The molecule has 198 valence electrons.